The summed E-state index contributed by atoms with van der Waals surface area (Å²) in [5, 5.41) is 27.7. The van der Waals surface area contributed by atoms with Gasteiger partial charge in [-0.05, 0) is 77.4 Å². The number of benzene rings is 4. The smallest absolute Gasteiger partial charge is 0.303 e. The summed E-state index contributed by atoms with van der Waals surface area (Å²) in [5.41, 5.74) is 15.3. The van der Waals surface area contributed by atoms with Crippen molar-refractivity contribution >= 4 is 40.8 Å². The Balaban J connectivity index is 0.000000852. The van der Waals surface area contributed by atoms with Crippen LogP contribution in [0.1, 0.15) is 76.8 Å². The molecule has 0 aliphatic rings. The summed E-state index contributed by atoms with van der Waals surface area (Å²) in [6.07, 6.45) is 7.52. The van der Waals surface area contributed by atoms with Gasteiger partial charge in [-0.1, -0.05) is 91.5 Å². The topological polar surface area (TPSA) is 174 Å². The normalized spacial score (nSPS) is 11.0. The third-order valence-electron chi connectivity index (χ3n) is 10.1. The van der Waals surface area contributed by atoms with Gasteiger partial charge in [0.15, 0.2) is 0 Å². The number of aliphatic carboxylic acids is 1. The molecule has 0 bridgehead atoms. The van der Waals surface area contributed by atoms with Crippen molar-refractivity contribution in [1.29, 1.82) is 10.5 Å². The molecule has 11 nitrogen and oxygen atoms in total. The number of nitrogens with zero attached hydrogens (tertiary/aromatic N) is 4. The first-order valence-corrected chi connectivity index (χ1v) is 21.1. The van der Waals surface area contributed by atoms with Crippen molar-refractivity contribution in [2.75, 3.05) is 0 Å². The van der Waals surface area contributed by atoms with E-state index in [-0.39, 0.29) is 33.0 Å². The number of rotatable bonds is 17. The summed E-state index contributed by atoms with van der Waals surface area (Å²) in [7, 11) is 0. The van der Waals surface area contributed by atoms with E-state index in [2.05, 4.69) is 48.1 Å². The van der Waals surface area contributed by atoms with E-state index in [9.17, 15) is 15.3 Å². The van der Waals surface area contributed by atoms with E-state index < -0.39 is 5.97 Å². The second-order valence-corrected chi connectivity index (χ2v) is 15.9. The number of aromatic nitrogens is 2. The fourth-order valence-electron chi connectivity index (χ4n) is 6.31. The van der Waals surface area contributed by atoms with Gasteiger partial charge in [0.1, 0.15) is 61.6 Å². The number of ether oxygens (including phenoxy) is 4. The average molecular weight is 907 g/mol. The van der Waals surface area contributed by atoms with Gasteiger partial charge in [-0.2, -0.15) is 10.5 Å². The fourth-order valence-corrected chi connectivity index (χ4v) is 7.04. The van der Waals surface area contributed by atoms with Crippen molar-refractivity contribution in [2.45, 2.75) is 73.5 Å². The van der Waals surface area contributed by atoms with Crippen molar-refractivity contribution in [1.82, 2.24) is 9.97 Å². The maximum Gasteiger partial charge on any atom is 0.303 e. The summed E-state index contributed by atoms with van der Waals surface area (Å²) in [5.74, 6) is 1.43. The second-order valence-electron chi connectivity index (χ2n) is 14.6. The molecule has 6 aromatic rings. The maximum absolute atomic E-state index is 9.97. The van der Waals surface area contributed by atoms with Crippen LogP contribution in [0.15, 0.2) is 97.6 Å². The Morgan fingerprint density at radius 2 is 1.11 bits per heavy atom. The molecule has 0 saturated carbocycles. The van der Waals surface area contributed by atoms with Crippen molar-refractivity contribution in [3.63, 3.8) is 0 Å². The molecule has 0 radical (unpaired) electrons. The Kier molecular flexibility index (Phi) is 17.6. The third-order valence-corrected chi connectivity index (χ3v) is 11.0. The highest BCUT2D eigenvalue weighted by molar-refractivity contribution is 6.36. The predicted octanol–water partition coefficient (Wildman–Crippen LogP) is 11.7. The van der Waals surface area contributed by atoms with E-state index in [4.69, 9.17) is 64.6 Å². The van der Waals surface area contributed by atoms with Crippen LogP contribution in [0, 0.1) is 42.4 Å². The predicted molar refractivity (Wildman–Crippen MR) is 244 cm³/mol. The van der Waals surface area contributed by atoms with Crippen molar-refractivity contribution < 1.29 is 28.8 Å². The Bertz CT molecular complexity index is 2650. The molecule has 0 fully saturated rings. The highest BCUT2D eigenvalue weighted by atomic mass is 35.5. The molecule has 3 N–H and O–H groups in total. The van der Waals surface area contributed by atoms with Crippen LogP contribution < -0.4 is 24.7 Å². The summed E-state index contributed by atoms with van der Waals surface area (Å²) < 4.78 is 24.5. The van der Waals surface area contributed by atoms with Gasteiger partial charge in [-0.3, -0.25) is 14.8 Å². The molecule has 0 amide bonds. The minimum Gasteiger partial charge on any atom is -0.488 e. The molecular weight excluding hydrogens is 861 g/mol. The van der Waals surface area contributed by atoms with Gasteiger partial charge in [-0.25, -0.2) is 0 Å². The maximum atomic E-state index is 9.97. The number of carbonyl (C=O) groups is 1. The molecule has 6 rings (SSSR count). The summed E-state index contributed by atoms with van der Waals surface area (Å²) in [6.45, 7) is 9.14. The van der Waals surface area contributed by atoms with Crippen LogP contribution in [0.4, 0.5) is 0 Å². The van der Waals surface area contributed by atoms with E-state index in [0.29, 0.717) is 61.5 Å². The van der Waals surface area contributed by atoms with Crippen LogP contribution in [0.25, 0.3) is 11.1 Å². The van der Waals surface area contributed by atoms with Crippen molar-refractivity contribution in [2.24, 2.45) is 11.7 Å². The number of nitrogens with two attached hydrogens (primary N) is 1. The lowest BCUT2D eigenvalue weighted by Crippen LogP contribution is -2.05. The van der Waals surface area contributed by atoms with Gasteiger partial charge in [0.25, 0.3) is 0 Å². The second kappa shape index (κ2) is 23.2. The molecule has 324 valence electrons. The summed E-state index contributed by atoms with van der Waals surface area (Å²) >= 11 is 19.6. The highest BCUT2D eigenvalue weighted by Gasteiger charge is 2.16. The number of pyridine rings is 2. The minimum atomic E-state index is -0.695. The average Bonchev–Trinajstić information content (AvgIpc) is 3.28. The fraction of sp³-hybridized carbons (Fsp3) is 0.245. The molecule has 4 aromatic carbocycles. The molecule has 0 aliphatic heterocycles. The van der Waals surface area contributed by atoms with Crippen LogP contribution in [-0.4, -0.2) is 21.0 Å². The van der Waals surface area contributed by atoms with Crippen LogP contribution >= 0.6 is 34.8 Å². The first-order valence-electron chi connectivity index (χ1n) is 19.9. The first kappa shape index (κ1) is 47.7. The zero-order chi connectivity index (χ0) is 45.5. The van der Waals surface area contributed by atoms with E-state index >= 15 is 0 Å². The van der Waals surface area contributed by atoms with E-state index in [0.717, 1.165) is 56.5 Å². The standard InChI is InChI=1S/C43H34Cl3N5O4.C6H12O2/c1-26-32(24-54-41-13-40(34(17-49)11-37(41)44)52-22-30-9-28(15-47)18-50-20-30)5-3-7-35(26)36-8-4-6-33(27(36)2)25-55-43-14-42(38(45)12-39(43)46)53-23-31-10-29(16-48)19-51-21-31;1-3-5(2)4-6(7)8/h3-14,18-21H,17,22-25,49H2,1-2H3;5H,3-4H2,1-2H3,(H,7,8). The Labute approximate surface area is 382 Å². The van der Waals surface area contributed by atoms with Gasteiger partial charge in [-0.15, -0.1) is 0 Å². The van der Waals surface area contributed by atoms with Gasteiger partial charge in [0.2, 0.25) is 0 Å². The van der Waals surface area contributed by atoms with Gasteiger partial charge < -0.3 is 29.8 Å². The van der Waals surface area contributed by atoms with Crippen LogP contribution in [0.3, 0.4) is 0 Å². The zero-order valence-electron chi connectivity index (χ0n) is 35.3. The minimum absolute atomic E-state index is 0.162. The third kappa shape index (κ3) is 13.3. The number of halogens is 3. The monoisotopic (exact) mass is 905 g/mol. The molecule has 1 atom stereocenters. The van der Waals surface area contributed by atoms with Crippen LogP contribution in [0.2, 0.25) is 15.1 Å². The van der Waals surface area contributed by atoms with Crippen LogP contribution in [0.5, 0.6) is 23.0 Å². The highest BCUT2D eigenvalue weighted by Crippen LogP contribution is 2.38. The summed E-state index contributed by atoms with van der Waals surface area (Å²) in [4.78, 5) is 18.1. The quantitative estimate of drug-likeness (QED) is 0.0891. The van der Waals surface area contributed by atoms with Crippen LogP contribution in [-0.2, 0) is 37.8 Å². The molecule has 0 spiro atoms. The zero-order valence-corrected chi connectivity index (χ0v) is 37.5. The molecular formula is C49H46Cl3N5O6. The lowest BCUT2D eigenvalue weighted by molar-refractivity contribution is -0.138. The van der Waals surface area contributed by atoms with Gasteiger partial charge in [0, 0.05) is 66.6 Å². The van der Waals surface area contributed by atoms with E-state index in [1.165, 1.54) is 12.4 Å². The Morgan fingerprint density at radius 3 is 1.54 bits per heavy atom. The molecule has 2 heterocycles. The van der Waals surface area contributed by atoms with Gasteiger partial charge in [0.05, 0.1) is 26.2 Å². The molecule has 1 unspecified atom stereocenters. The first-order chi connectivity index (χ1) is 30.3. The lowest BCUT2D eigenvalue weighted by Gasteiger charge is -2.18. The molecule has 14 heteroatoms. The van der Waals surface area contributed by atoms with Crippen molar-refractivity contribution in [3.8, 4) is 46.3 Å². The number of hydrogen-bond donors (Lipinski definition) is 2. The summed E-state index contributed by atoms with van der Waals surface area (Å²) in [6, 6.07) is 26.5. The molecule has 63 heavy (non-hydrogen) atoms. The van der Waals surface area contributed by atoms with E-state index in [1.807, 2.05) is 38.1 Å². The molecule has 0 aliphatic carbocycles. The van der Waals surface area contributed by atoms with Gasteiger partial charge >= 0.3 is 5.97 Å². The lowest BCUT2D eigenvalue weighted by atomic mass is 9.92. The molecule has 2 aromatic heterocycles. The Morgan fingerprint density at radius 1 is 0.667 bits per heavy atom. The largest absolute Gasteiger partial charge is 0.488 e. The Hall–Kier alpha value is -6.34. The number of carboxylic acid groups (broad SMARTS) is 1. The SMILES string of the molecule is CCC(C)CC(=O)O.Cc1c(COc2cc(OCc3cncc(C#N)c3)c(Cl)cc2Cl)cccc1-c1cccc(COc2cc(OCc3cncc(C#N)c3)c(CN)cc2Cl)c1C. The molecule has 0 saturated heterocycles. The van der Waals surface area contributed by atoms with E-state index in [1.54, 1.807) is 48.8 Å². The number of nitriles is 2. The number of carboxylic acids is 1. The number of hydrogen-bond acceptors (Lipinski definition) is 10. The van der Waals surface area contributed by atoms with Crippen molar-refractivity contribution in [3.05, 3.63) is 163 Å².